The highest BCUT2D eigenvalue weighted by Crippen LogP contribution is 2.19. The van der Waals surface area contributed by atoms with Gasteiger partial charge in [0.25, 0.3) is 0 Å². The first-order chi connectivity index (χ1) is 7.93. The molecule has 0 N–H and O–H groups in total. The van der Waals surface area contributed by atoms with Gasteiger partial charge in [-0.3, -0.25) is 0 Å². The minimum Gasteiger partial charge on any atom is -0.240 e. The molecule has 0 bridgehead atoms. The van der Waals surface area contributed by atoms with Crippen molar-refractivity contribution in [3.63, 3.8) is 0 Å². The molecule has 4 rings (SSSR count). The average Bonchev–Trinajstić information content (AvgIpc) is 2.92. The second-order valence-electron chi connectivity index (χ2n) is 3.90. The van der Waals surface area contributed by atoms with Crippen molar-refractivity contribution in [1.82, 2.24) is 14.2 Å². The molecule has 0 aliphatic carbocycles. The smallest absolute Gasteiger partial charge is 0.0951 e. The first-order valence-electron chi connectivity index (χ1n) is 5.27. The summed E-state index contributed by atoms with van der Waals surface area (Å²) in [6.07, 6.45) is 2.02. The normalized spacial score (nSPS) is 11.8. The summed E-state index contributed by atoms with van der Waals surface area (Å²) >= 11 is 0. The van der Waals surface area contributed by atoms with Gasteiger partial charge in [0.15, 0.2) is 0 Å². The highest BCUT2D eigenvalue weighted by Gasteiger charge is 2.05. The number of fused-ring (bicyclic) bond motifs is 5. The topological polar surface area (TPSA) is 21.7 Å². The van der Waals surface area contributed by atoms with Crippen LogP contribution >= 0.6 is 0 Å². The number of benzene rings is 1. The third-order valence-corrected chi connectivity index (χ3v) is 2.97. The Kier molecular flexibility index (Phi) is 1.31. The van der Waals surface area contributed by atoms with Gasteiger partial charge in [-0.15, -0.1) is 0 Å². The van der Waals surface area contributed by atoms with Crippen LogP contribution in [0.1, 0.15) is 0 Å². The Balaban J connectivity index is 2.38. The SMILES string of the molecule is c1ccc2c(c1)nn1c2ccc2cccn21. The van der Waals surface area contributed by atoms with Gasteiger partial charge in [0.1, 0.15) is 0 Å². The molecule has 3 heteroatoms. The minimum atomic E-state index is 1.03. The van der Waals surface area contributed by atoms with Crippen molar-refractivity contribution in [3.8, 4) is 0 Å². The van der Waals surface area contributed by atoms with Gasteiger partial charge in [0.05, 0.1) is 16.6 Å². The molecule has 0 atom stereocenters. The van der Waals surface area contributed by atoms with Crippen LogP contribution in [-0.4, -0.2) is 14.2 Å². The van der Waals surface area contributed by atoms with E-state index in [0.29, 0.717) is 0 Å². The Labute approximate surface area is 91.5 Å². The number of aromatic nitrogens is 3. The second-order valence-corrected chi connectivity index (χ2v) is 3.90. The molecule has 0 aliphatic heterocycles. The van der Waals surface area contributed by atoms with E-state index in [4.69, 9.17) is 0 Å². The fourth-order valence-electron chi connectivity index (χ4n) is 2.22. The minimum absolute atomic E-state index is 1.03. The largest absolute Gasteiger partial charge is 0.240 e. The summed E-state index contributed by atoms with van der Waals surface area (Å²) in [4.78, 5) is 0. The zero-order valence-electron chi connectivity index (χ0n) is 8.54. The van der Waals surface area contributed by atoms with Crippen molar-refractivity contribution in [2.75, 3.05) is 0 Å². The van der Waals surface area contributed by atoms with Gasteiger partial charge in [-0.1, -0.05) is 18.2 Å². The summed E-state index contributed by atoms with van der Waals surface area (Å²) in [7, 11) is 0. The number of hydrogen-bond acceptors (Lipinski definition) is 1. The Hall–Kier alpha value is -2.29. The molecule has 0 spiro atoms. The molecule has 16 heavy (non-hydrogen) atoms. The fraction of sp³-hybridized carbons (Fsp3) is 0. The van der Waals surface area contributed by atoms with Crippen LogP contribution in [-0.2, 0) is 0 Å². The highest BCUT2D eigenvalue weighted by atomic mass is 15.5. The zero-order valence-corrected chi connectivity index (χ0v) is 8.54. The molecule has 0 amide bonds. The van der Waals surface area contributed by atoms with Crippen LogP contribution in [0.3, 0.4) is 0 Å². The molecule has 3 heterocycles. The van der Waals surface area contributed by atoms with Crippen molar-refractivity contribution >= 4 is 21.9 Å². The molecule has 0 fully saturated rings. The Bertz CT molecular complexity index is 808. The summed E-state index contributed by atoms with van der Waals surface area (Å²) in [5, 5.41) is 5.79. The van der Waals surface area contributed by atoms with E-state index in [0.717, 1.165) is 16.6 Å². The van der Waals surface area contributed by atoms with Crippen LogP contribution in [0.5, 0.6) is 0 Å². The predicted molar refractivity (Wildman–Crippen MR) is 63.7 cm³/mol. The molecule has 1 aromatic carbocycles. The van der Waals surface area contributed by atoms with Crippen molar-refractivity contribution < 1.29 is 0 Å². The van der Waals surface area contributed by atoms with Crippen LogP contribution in [0.25, 0.3) is 21.9 Å². The van der Waals surface area contributed by atoms with Crippen LogP contribution in [0, 0.1) is 0 Å². The lowest BCUT2D eigenvalue weighted by Gasteiger charge is -1.98. The molecular formula is C13H9N3. The quantitative estimate of drug-likeness (QED) is 0.434. The van der Waals surface area contributed by atoms with E-state index in [1.807, 2.05) is 35.1 Å². The average molecular weight is 207 g/mol. The lowest BCUT2D eigenvalue weighted by atomic mass is 10.2. The molecule has 4 aromatic rings. The summed E-state index contributed by atoms with van der Waals surface area (Å²) in [6, 6.07) is 16.5. The fourth-order valence-corrected chi connectivity index (χ4v) is 2.22. The number of hydrogen-bond donors (Lipinski definition) is 0. The van der Waals surface area contributed by atoms with E-state index in [1.165, 1.54) is 5.39 Å². The third-order valence-electron chi connectivity index (χ3n) is 2.97. The van der Waals surface area contributed by atoms with Gasteiger partial charge in [0.2, 0.25) is 0 Å². The summed E-state index contributed by atoms with van der Waals surface area (Å²) in [6.45, 7) is 0. The second kappa shape index (κ2) is 2.64. The van der Waals surface area contributed by atoms with Gasteiger partial charge in [0, 0.05) is 11.6 Å². The van der Waals surface area contributed by atoms with E-state index in [2.05, 4.69) is 33.9 Å². The first-order valence-corrected chi connectivity index (χ1v) is 5.27. The van der Waals surface area contributed by atoms with Crippen molar-refractivity contribution in [2.45, 2.75) is 0 Å². The van der Waals surface area contributed by atoms with Crippen LogP contribution < -0.4 is 0 Å². The van der Waals surface area contributed by atoms with E-state index >= 15 is 0 Å². The molecule has 0 saturated carbocycles. The van der Waals surface area contributed by atoms with E-state index in [1.54, 1.807) is 0 Å². The van der Waals surface area contributed by atoms with Gasteiger partial charge >= 0.3 is 0 Å². The third kappa shape index (κ3) is 0.852. The monoisotopic (exact) mass is 207 g/mol. The molecule has 76 valence electrons. The molecule has 3 aromatic heterocycles. The predicted octanol–water partition coefficient (Wildman–Crippen LogP) is 2.74. The molecule has 0 unspecified atom stereocenters. The molecular weight excluding hydrogens is 198 g/mol. The summed E-state index contributed by atoms with van der Waals surface area (Å²) in [5.41, 5.74) is 3.32. The van der Waals surface area contributed by atoms with Gasteiger partial charge < -0.3 is 0 Å². The molecule has 0 aliphatic rings. The van der Waals surface area contributed by atoms with Gasteiger partial charge in [-0.05, 0) is 30.3 Å². The van der Waals surface area contributed by atoms with E-state index in [9.17, 15) is 0 Å². The first kappa shape index (κ1) is 7.93. The standard InChI is InChI=1S/C13H9N3/c1-2-6-12-11(5-1)13-8-7-10-4-3-9-15(10)16(13)14-12/h1-9H. The summed E-state index contributed by atoms with van der Waals surface area (Å²) < 4.78 is 4.00. The van der Waals surface area contributed by atoms with Gasteiger partial charge in [-0.25, -0.2) is 4.52 Å². The highest BCUT2D eigenvalue weighted by molar-refractivity contribution is 5.94. The van der Waals surface area contributed by atoms with Crippen LogP contribution in [0.15, 0.2) is 54.7 Å². The van der Waals surface area contributed by atoms with E-state index < -0.39 is 0 Å². The van der Waals surface area contributed by atoms with Gasteiger partial charge in [-0.2, -0.15) is 9.73 Å². The van der Waals surface area contributed by atoms with Crippen LogP contribution in [0.2, 0.25) is 0 Å². The Morgan fingerprint density at radius 3 is 2.81 bits per heavy atom. The van der Waals surface area contributed by atoms with Crippen molar-refractivity contribution in [1.29, 1.82) is 0 Å². The number of rotatable bonds is 0. The lowest BCUT2D eigenvalue weighted by molar-refractivity contribution is 0.756. The Morgan fingerprint density at radius 1 is 0.875 bits per heavy atom. The van der Waals surface area contributed by atoms with Crippen molar-refractivity contribution in [3.05, 3.63) is 54.7 Å². The lowest BCUT2D eigenvalue weighted by Crippen LogP contribution is -1.98. The molecule has 0 radical (unpaired) electrons. The maximum absolute atomic E-state index is 4.60. The van der Waals surface area contributed by atoms with Crippen LogP contribution in [0.4, 0.5) is 0 Å². The zero-order chi connectivity index (χ0) is 10.5. The van der Waals surface area contributed by atoms with E-state index in [-0.39, 0.29) is 0 Å². The Morgan fingerprint density at radius 2 is 1.81 bits per heavy atom. The molecule has 3 nitrogen and oxygen atoms in total. The summed E-state index contributed by atoms with van der Waals surface area (Å²) in [5.74, 6) is 0. The maximum Gasteiger partial charge on any atom is 0.0951 e. The molecule has 0 saturated heterocycles. The number of nitrogens with zero attached hydrogens (tertiary/aromatic N) is 3. The maximum atomic E-state index is 4.60. The van der Waals surface area contributed by atoms with Crippen molar-refractivity contribution in [2.24, 2.45) is 0 Å².